The highest BCUT2D eigenvalue weighted by Crippen LogP contribution is 2.28. The smallest absolute Gasteiger partial charge is 0.346 e. The number of nitrogens with one attached hydrogen (secondary N) is 2. The van der Waals surface area contributed by atoms with Gasteiger partial charge in [-0.2, -0.15) is 13.2 Å². The second-order valence-corrected chi connectivity index (χ2v) is 7.18. The molecule has 0 aliphatic heterocycles. The summed E-state index contributed by atoms with van der Waals surface area (Å²) < 4.78 is 36.6. The summed E-state index contributed by atoms with van der Waals surface area (Å²) >= 11 is 1.54. The summed E-state index contributed by atoms with van der Waals surface area (Å²) in [4.78, 5) is 12.7. The molecule has 1 aromatic carbocycles. The number of alkyl halides is 3. The van der Waals surface area contributed by atoms with Crippen molar-refractivity contribution < 1.29 is 18.0 Å². The molecular formula is C19H23F3N2OS. The van der Waals surface area contributed by atoms with Crippen LogP contribution in [-0.4, -0.2) is 25.2 Å². The molecular weight excluding hydrogens is 361 g/mol. The van der Waals surface area contributed by atoms with Crippen LogP contribution in [0.3, 0.4) is 0 Å². The van der Waals surface area contributed by atoms with Gasteiger partial charge in [0.25, 0.3) is 0 Å². The maximum atomic E-state index is 12.2. The van der Waals surface area contributed by atoms with Crippen LogP contribution >= 0.6 is 11.3 Å². The lowest BCUT2D eigenvalue weighted by atomic mass is 9.95. The topological polar surface area (TPSA) is 41.1 Å². The van der Waals surface area contributed by atoms with Crippen LogP contribution in [-0.2, 0) is 4.79 Å². The van der Waals surface area contributed by atoms with Gasteiger partial charge in [0.05, 0.1) is 12.6 Å². The minimum atomic E-state index is -4.41. The van der Waals surface area contributed by atoms with Crippen LogP contribution in [0.15, 0.2) is 41.8 Å². The highest BCUT2D eigenvalue weighted by Gasteiger charge is 2.27. The number of hydrogen-bond donors (Lipinski definition) is 2. The average molecular weight is 384 g/mol. The first kappa shape index (κ1) is 20.5. The molecule has 7 heteroatoms. The van der Waals surface area contributed by atoms with Crippen LogP contribution < -0.4 is 10.6 Å². The van der Waals surface area contributed by atoms with Crippen molar-refractivity contribution in [3.63, 3.8) is 0 Å². The minimum absolute atomic E-state index is 0.189. The maximum Gasteiger partial charge on any atom is 0.405 e. The highest BCUT2D eigenvalue weighted by atomic mass is 32.1. The lowest BCUT2D eigenvalue weighted by Gasteiger charge is -2.19. The molecule has 26 heavy (non-hydrogen) atoms. The first-order chi connectivity index (χ1) is 12.3. The van der Waals surface area contributed by atoms with Gasteiger partial charge in [0.1, 0.15) is 6.54 Å². The fraction of sp³-hybridized carbons (Fsp3) is 0.421. The summed E-state index contributed by atoms with van der Waals surface area (Å²) in [5.74, 6) is -0.217. The Labute approximate surface area is 155 Å². The van der Waals surface area contributed by atoms with Crippen molar-refractivity contribution in [3.8, 4) is 0 Å². The van der Waals surface area contributed by atoms with E-state index in [-0.39, 0.29) is 12.6 Å². The Kier molecular flexibility index (Phi) is 7.23. The fourth-order valence-electron chi connectivity index (χ4n) is 2.55. The number of hydrogen-bond acceptors (Lipinski definition) is 3. The zero-order chi connectivity index (χ0) is 19.2. The molecule has 142 valence electrons. The third-order valence-corrected chi connectivity index (χ3v) is 5.17. The number of amides is 1. The summed E-state index contributed by atoms with van der Waals surface area (Å²) in [5, 5.41) is 6.88. The predicted octanol–water partition coefficient (Wildman–Crippen LogP) is 4.62. The van der Waals surface area contributed by atoms with Crippen molar-refractivity contribution in [2.45, 2.75) is 38.4 Å². The molecule has 0 aliphatic carbocycles. The van der Waals surface area contributed by atoms with Gasteiger partial charge >= 0.3 is 6.18 Å². The summed E-state index contributed by atoms with van der Waals surface area (Å²) in [5.41, 5.74) is 2.22. The van der Waals surface area contributed by atoms with Gasteiger partial charge in [-0.15, -0.1) is 11.3 Å². The van der Waals surface area contributed by atoms with Crippen molar-refractivity contribution in [1.82, 2.24) is 10.6 Å². The van der Waals surface area contributed by atoms with E-state index in [4.69, 9.17) is 0 Å². The number of halogens is 3. The number of carbonyl (C=O) groups is 1. The van der Waals surface area contributed by atoms with E-state index in [1.165, 1.54) is 16.9 Å². The number of thiophene rings is 1. The van der Waals surface area contributed by atoms with Gasteiger partial charge in [-0.25, -0.2) is 0 Å². The van der Waals surface area contributed by atoms with E-state index in [1.807, 2.05) is 35.0 Å². The van der Waals surface area contributed by atoms with Crippen LogP contribution in [0, 0.1) is 0 Å². The maximum absolute atomic E-state index is 12.2. The van der Waals surface area contributed by atoms with Crippen molar-refractivity contribution in [2.24, 2.45) is 0 Å². The Morgan fingerprint density at radius 3 is 2.35 bits per heavy atom. The van der Waals surface area contributed by atoms with Gasteiger partial charge < -0.3 is 5.32 Å². The Morgan fingerprint density at radius 1 is 1.15 bits per heavy atom. The Balaban J connectivity index is 2.06. The third-order valence-electron chi connectivity index (χ3n) is 4.23. The lowest BCUT2D eigenvalue weighted by molar-refractivity contribution is -0.137. The van der Waals surface area contributed by atoms with E-state index in [0.717, 1.165) is 16.9 Å². The van der Waals surface area contributed by atoms with E-state index in [2.05, 4.69) is 31.3 Å². The predicted molar refractivity (Wildman–Crippen MR) is 98.4 cm³/mol. The van der Waals surface area contributed by atoms with Crippen LogP contribution in [0.25, 0.3) is 0 Å². The molecule has 0 saturated heterocycles. The molecule has 0 saturated carbocycles. The molecule has 0 unspecified atom stereocenters. The number of benzene rings is 1. The van der Waals surface area contributed by atoms with Gasteiger partial charge in [0, 0.05) is 4.88 Å². The van der Waals surface area contributed by atoms with Crippen LogP contribution in [0.4, 0.5) is 13.2 Å². The van der Waals surface area contributed by atoms with E-state index >= 15 is 0 Å². The molecule has 2 rings (SSSR count). The molecule has 3 nitrogen and oxygen atoms in total. The SMILES string of the molecule is CC[C@H](C)c1ccc([C@@H](NCC(=O)NCC(F)(F)F)c2cccs2)cc1. The number of carbonyl (C=O) groups excluding carboxylic acids is 1. The van der Waals surface area contributed by atoms with Gasteiger partial charge in [0.2, 0.25) is 5.91 Å². The average Bonchev–Trinajstić information content (AvgIpc) is 3.14. The molecule has 0 radical (unpaired) electrons. The van der Waals surface area contributed by atoms with Crippen molar-refractivity contribution in [3.05, 3.63) is 57.8 Å². The van der Waals surface area contributed by atoms with Crippen molar-refractivity contribution in [1.29, 1.82) is 0 Å². The van der Waals surface area contributed by atoms with Crippen LogP contribution in [0.1, 0.15) is 48.2 Å². The van der Waals surface area contributed by atoms with Gasteiger partial charge in [-0.1, -0.05) is 44.2 Å². The third kappa shape index (κ3) is 6.14. The van der Waals surface area contributed by atoms with Crippen molar-refractivity contribution in [2.75, 3.05) is 13.1 Å². The monoisotopic (exact) mass is 384 g/mol. The summed E-state index contributed by atoms with van der Waals surface area (Å²) in [6.07, 6.45) is -3.36. The zero-order valence-electron chi connectivity index (χ0n) is 14.8. The molecule has 2 atom stereocenters. The standard InChI is InChI=1S/C19H23F3N2OS/c1-3-13(2)14-6-8-15(9-7-14)18(16-5-4-10-26-16)23-11-17(25)24-12-19(20,21)22/h4-10,13,18,23H,3,11-12H2,1-2H3,(H,24,25)/t13-,18+/m0/s1. The van der Waals surface area contributed by atoms with E-state index < -0.39 is 18.6 Å². The van der Waals surface area contributed by atoms with Crippen molar-refractivity contribution >= 4 is 17.2 Å². The molecule has 1 amide bonds. The highest BCUT2D eigenvalue weighted by molar-refractivity contribution is 7.10. The molecule has 2 N–H and O–H groups in total. The fourth-order valence-corrected chi connectivity index (χ4v) is 3.37. The second kappa shape index (κ2) is 9.19. The van der Waals surface area contributed by atoms with E-state index in [1.54, 1.807) is 0 Å². The molecule has 1 aromatic heterocycles. The summed E-state index contributed by atoms with van der Waals surface area (Å²) in [6, 6.07) is 11.8. The summed E-state index contributed by atoms with van der Waals surface area (Å²) in [6.45, 7) is 2.79. The molecule has 0 bridgehead atoms. The Morgan fingerprint density at radius 2 is 1.81 bits per heavy atom. The van der Waals surface area contributed by atoms with E-state index in [9.17, 15) is 18.0 Å². The van der Waals surface area contributed by atoms with Gasteiger partial charge in [-0.3, -0.25) is 10.1 Å². The van der Waals surface area contributed by atoms with Gasteiger partial charge in [-0.05, 0) is 34.9 Å². The lowest BCUT2D eigenvalue weighted by Crippen LogP contribution is -2.40. The van der Waals surface area contributed by atoms with Crippen LogP contribution in [0.5, 0.6) is 0 Å². The first-order valence-corrected chi connectivity index (χ1v) is 9.38. The molecule has 1 heterocycles. The minimum Gasteiger partial charge on any atom is -0.346 e. The number of rotatable bonds is 8. The zero-order valence-corrected chi connectivity index (χ0v) is 15.6. The molecule has 0 spiro atoms. The first-order valence-electron chi connectivity index (χ1n) is 8.50. The Bertz CT molecular complexity index is 684. The molecule has 0 fully saturated rings. The second-order valence-electron chi connectivity index (χ2n) is 6.20. The normalized spacial score (nSPS) is 14.0. The largest absolute Gasteiger partial charge is 0.405 e. The van der Waals surface area contributed by atoms with E-state index in [0.29, 0.717) is 5.92 Å². The molecule has 0 aliphatic rings. The summed E-state index contributed by atoms with van der Waals surface area (Å²) in [7, 11) is 0. The Hall–Kier alpha value is -1.86. The molecule has 2 aromatic rings. The van der Waals surface area contributed by atoms with Crippen LogP contribution in [0.2, 0.25) is 0 Å². The quantitative estimate of drug-likeness (QED) is 0.697. The van der Waals surface area contributed by atoms with Gasteiger partial charge in [0.15, 0.2) is 0 Å².